The van der Waals surface area contributed by atoms with Crippen molar-refractivity contribution in [3.63, 3.8) is 0 Å². The molecule has 2 N–H and O–H groups in total. The Bertz CT molecular complexity index is 1100. The number of fused-ring (bicyclic) bond motifs is 1. The lowest BCUT2D eigenvalue weighted by molar-refractivity contribution is -0.133. The zero-order chi connectivity index (χ0) is 23.0. The van der Waals surface area contributed by atoms with Gasteiger partial charge in [0.25, 0.3) is 5.91 Å². The van der Waals surface area contributed by atoms with Crippen molar-refractivity contribution < 1.29 is 23.9 Å². The Morgan fingerprint density at radius 2 is 1.88 bits per heavy atom. The summed E-state index contributed by atoms with van der Waals surface area (Å²) in [6, 6.07) is 8.10. The molecule has 0 bridgehead atoms. The number of imide groups is 1. The number of rotatable bonds is 4. The highest BCUT2D eigenvalue weighted by Gasteiger charge is 2.49. The minimum Gasteiger partial charge on any atom is -0.490 e. The van der Waals surface area contributed by atoms with Gasteiger partial charge in [0.05, 0.1) is 23.9 Å². The highest BCUT2D eigenvalue weighted by Crippen LogP contribution is 2.36. The lowest BCUT2D eigenvalue weighted by Gasteiger charge is -2.23. The van der Waals surface area contributed by atoms with Crippen molar-refractivity contribution in [1.82, 2.24) is 10.2 Å². The molecular formula is C23H24ClN3O5. The molecule has 0 radical (unpaired) electrons. The number of hydrogen-bond acceptors (Lipinski definition) is 5. The Labute approximate surface area is 190 Å². The van der Waals surface area contributed by atoms with Crippen molar-refractivity contribution in [3.05, 3.63) is 52.0 Å². The smallest absolute Gasteiger partial charge is 0.325 e. The van der Waals surface area contributed by atoms with Crippen LogP contribution < -0.4 is 20.1 Å². The molecule has 168 valence electrons. The Kier molecular flexibility index (Phi) is 5.73. The summed E-state index contributed by atoms with van der Waals surface area (Å²) in [6.07, 6.45) is 0.754. The SMILES string of the molecule is Cc1cc(C)c(NC(=O)CN2C(=O)N[C@@](C)(c3ccc4c(c3)OCCCO4)C2=O)c(Cl)c1. The molecule has 2 aliphatic rings. The van der Waals surface area contributed by atoms with E-state index in [4.69, 9.17) is 21.1 Å². The molecule has 0 saturated carbocycles. The average Bonchev–Trinajstić information content (AvgIpc) is 2.90. The van der Waals surface area contributed by atoms with Crippen molar-refractivity contribution in [1.29, 1.82) is 0 Å². The van der Waals surface area contributed by atoms with Gasteiger partial charge in [-0.15, -0.1) is 0 Å². The largest absolute Gasteiger partial charge is 0.490 e. The number of halogens is 1. The van der Waals surface area contributed by atoms with Crippen molar-refractivity contribution >= 4 is 35.1 Å². The second-order valence-corrected chi connectivity index (χ2v) is 8.55. The first-order valence-electron chi connectivity index (χ1n) is 10.3. The second kappa shape index (κ2) is 8.35. The van der Waals surface area contributed by atoms with Crippen LogP contribution in [0.4, 0.5) is 10.5 Å². The van der Waals surface area contributed by atoms with E-state index in [9.17, 15) is 14.4 Å². The molecule has 9 heteroatoms. The van der Waals surface area contributed by atoms with E-state index in [-0.39, 0.29) is 0 Å². The third-order valence-corrected chi connectivity index (χ3v) is 5.90. The van der Waals surface area contributed by atoms with Crippen LogP contribution >= 0.6 is 11.6 Å². The minimum atomic E-state index is -1.33. The van der Waals surface area contributed by atoms with Crippen molar-refractivity contribution in [2.45, 2.75) is 32.7 Å². The van der Waals surface area contributed by atoms with Gasteiger partial charge in [-0.25, -0.2) is 4.79 Å². The number of carbonyl (C=O) groups is 3. The Morgan fingerprint density at radius 3 is 2.59 bits per heavy atom. The maximum atomic E-state index is 13.2. The van der Waals surface area contributed by atoms with Crippen molar-refractivity contribution in [2.75, 3.05) is 25.1 Å². The summed E-state index contributed by atoms with van der Waals surface area (Å²) < 4.78 is 11.3. The fraction of sp³-hybridized carbons (Fsp3) is 0.348. The van der Waals surface area contributed by atoms with E-state index in [0.717, 1.165) is 22.4 Å². The molecule has 0 spiro atoms. The van der Waals surface area contributed by atoms with Crippen LogP contribution in [0.5, 0.6) is 11.5 Å². The zero-order valence-corrected chi connectivity index (χ0v) is 18.8. The fourth-order valence-electron chi connectivity index (χ4n) is 3.91. The summed E-state index contributed by atoms with van der Waals surface area (Å²) in [7, 11) is 0. The number of amides is 4. The third-order valence-electron chi connectivity index (χ3n) is 5.60. The minimum absolute atomic E-state index is 0.394. The molecule has 0 unspecified atom stereocenters. The van der Waals surface area contributed by atoms with Crippen molar-refractivity contribution in [2.24, 2.45) is 0 Å². The summed E-state index contributed by atoms with van der Waals surface area (Å²) in [5.74, 6) is 0.0567. The summed E-state index contributed by atoms with van der Waals surface area (Å²) in [6.45, 7) is 5.94. The molecule has 0 aromatic heterocycles. The van der Waals surface area contributed by atoms with E-state index in [0.29, 0.717) is 41.0 Å². The standard InChI is InChI=1S/C23H24ClN3O5/c1-13-9-14(2)20(16(24)10-13)25-19(28)12-27-21(29)23(3,26-22(27)30)15-5-6-17-18(11-15)32-8-4-7-31-17/h5-6,9-11H,4,7-8,12H2,1-3H3,(H,25,28)(H,26,30)/t23-/m0/s1. The van der Waals surface area contributed by atoms with Gasteiger partial charge in [-0.2, -0.15) is 0 Å². The van der Waals surface area contributed by atoms with Crippen LogP contribution in [-0.2, 0) is 15.1 Å². The van der Waals surface area contributed by atoms with Gasteiger partial charge in [-0.1, -0.05) is 23.7 Å². The monoisotopic (exact) mass is 457 g/mol. The number of aryl methyl sites for hydroxylation is 2. The maximum absolute atomic E-state index is 13.2. The fourth-order valence-corrected chi connectivity index (χ4v) is 4.28. The molecule has 1 atom stereocenters. The first-order valence-corrected chi connectivity index (χ1v) is 10.7. The van der Waals surface area contributed by atoms with Crippen LogP contribution in [0.15, 0.2) is 30.3 Å². The van der Waals surface area contributed by atoms with Gasteiger partial charge in [-0.3, -0.25) is 14.5 Å². The van der Waals surface area contributed by atoms with Gasteiger partial charge in [0, 0.05) is 6.42 Å². The Balaban J connectivity index is 1.53. The van der Waals surface area contributed by atoms with Crippen LogP contribution in [0.25, 0.3) is 0 Å². The van der Waals surface area contributed by atoms with Crippen LogP contribution in [0.1, 0.15) is 30.0 Å². The zero-order valence-electron chi connectivity index (χ0n) is 18.1. The van der Waals surface area contributed by atoms with Crippen LogP contribution in [-0.4, -0.2) is 42.5 Å². The molecule has 8 nitrogen and oxygen atoms in total. The summed E-state index contributed by atoms with van der Waals surface area (Å²) in [4.78, 5) is 39.4. The van der Waals surface area contributed by atoms with Gasteiger partial charge < -0.3 is 20.1 Å². The summed E-state index contributed by atoms with van der Waals surface area (Å²) >= 11 is 6.25. The van der Waals surface area contributed by atoms with E-state index in [1.807, 2.05) is 19.9 Å². The van der Waals surface area contributed by atoms with Gasteiger partial charge in [0.1, 0.15) is 12.1 Å². The van der Waals surface area contributed by atoms with E-state index in [2.05, 4.69) is 10.6 Å². The summed E-state index contributed by atoms with van der Waals surface area (Å²) in [5, 5.41) is 5.80. The molecule has 2 aromatic rings. The molecule has 0 aliphatic carbocycles. The quantitative estimate of drug-likeness (QED) is 0.684. The van der Waals surface area contributed by atoms with E-state index < -0.39 is 29.9 Å². The Hall–Kier alpha value is -3.26. The lowest BCUT2D eigenvalue weighted by atomic mass is 9.91. The van der Waals surface area contributed by atoms with Crippen molar-refractivity contribution in [3.8, 4) is 11.5 Å². The van der Waals surface area contributed by atoms with Gasteiger partial charge in [-0.05, 0) is 55.7 Å². The summed E-state index contributed by atoms with van der Waals surface area (Å²) in [5.41, 5.74) is 1.42. The van der Waals surface area contributed by atoms with Crippen LogP contribution in [0.3, 0.4) is 0 Å². The highest BCUT2D eigenvalue weighted by atomic mass is 35.5. The molecular weight excluding hydrogens is 434 g/mol. The number of anilines is 1. The topological polar surface area (TPSA) is 97.0 Å². The number of hydrogen-bond donors (Lipinski definition) is 2. The molecule has 4 amide bonds. The van der Waals surface area contributed by atoms with Crippen LogP contribution in [0.2, 0.25) is 5.02 Å². The number of ether oxygens (including phenoxy) is 2. The molecule has 4 rings (SSSR count). The maximum Gasteiger partial charge on any atom is 0.325 e. The molecule has 1 saturated heterocycles. The van der Waals surface area contributed by atoms with Gasteiger partial charge >= 0.3 is 6.03 Å². The number of nitrogens with one attached hydrogen (secondary N) is 2. The molecule has 2 aromatic carbocycles. The van der Waals surface area contributed by atoms with E-state index >= 15 is 0 Å². The lowest BCUT2D eigenvalue weighted by Crippen LogP contribution is -2.42. The molecule has 2 heterocycles. The number of benzene rings is 2. The first-order chi connectivity index (χ1) is 15.2. The molecule has 2 aliphatic heterocycles. The van der Waals surface area contributed by atoms with E-state index in [1.165, 1.54) is 0 Å². The molecule has 1 fully saturated rings. The van der Waals surface area contributed by atoms with Gasteiger partial charge in [0.2, 0.25) is 5.91 Å². The predicted octanol–water partition coefficient (Wildman–Crippen LogP) is 3.52. The second-order valence-electron chi connectivity index (χ2n) is 8.15. The first kappa shape index (κ1) is 22.0. The average molecular weight is 458 g/mol. The predicted molar refractivity (Wildman–Crippen MR) is 119 cm³/mol. The van der Waals surface area contributed by atoms with Gasteiger partial charge in [0.15, 0.2) is 11.5 Å². The number of urea groups is 1. The van der Waals surface area contributed by atoms with Crippen LogP contribution in [0, 0.1) is 13.8 Å². The number of nitrogens with zero attached hydrogens (tertiary/aromatic N) is 1. The van der Waals surface area contributed by atoms with E-state index in [1.54, 1.807) is 31.2 Å². The molecule has 32 heavy (non-hydrogen) atoms. The normalized spacial score (nSPS) is 20.1. The Morgan fingerprint density at radius 1 is 1.16 bits per heavy atom. The third kappa shape index (κ3) is 3.98. The number of carbonyl (C=O) groups excluding carboxylic acids is 3. The highest BCUT2D eigenvalue weighted by molar-refractivity contribution is 6.34.